The molecule has 2 rings (SSSR count). The van der Waals surface area contributed by atoms with Gasteiger partial charge >= 0.3 is 13.8 Å². The Labute approximate surface area is 195 Å². The van der Waals surface area contributed by atoms with Crippen LogP contribution in [0.1, 0.15) is 5.56 Å². The zero-order valence-corrected chi connectivity index (χ0v) is 20.7. The highest BCUT2D eigenvalue weighted by atomic mass is 127. The molecule has 27 heavy (non-hydrogen) atoms. The zero-order chi connectivity index (χ0) is 20.4. The number of phosphoric ester groups is 1. The van der Waals surface area contributed by atoms with E-state index in [9.17, 15) is 9.36 Å². The van der Waals surface area contributed by atoms with Crippen LogP contribution in [0.5, 0.6) is 17.2 Å². The summed E-state index contributed by atoms with van der Waals surface area (Å²) >= 11 is 6.07. The lowest BCUT2D eigenvalue weighted by Crippen LogP contribution is -2.32. The topological polar surface area (TPSA) is 139 Å². The van der Waals surface area contributed by atoms with E-state index >= 15 is 0 Å². The minimum Gasteiger partial charge on any atom is -0.480 e. The molecule has 0 bridgehead atoms. The Morgan fingerprint density at radius 1 is 1.11 bits per heavy atom. The van der Waals surface area contributed by atoms with Gasteiger partial charge in [0.25, 0.3) is 0 Å². The van der Waals surface area contributed by atoms with E-state index in [1.807, 2.05) is 22.6 Å². The van der Waals surface area contributed by atoms with Gasteiger partial charge in [-0.3, -0.25) is 14.6 Å². The van der Waals surface area contributed by atoms with E-state index in [1.54, 1.807) is 18.2 Å². The van der Waals surface area contributed by atoms with Crippen molar-refractivity contribution in [2.24, 2.45) is 5.73 Å². The summed E-state index contributed by atoms with van der Waals surface area (Å²) in [6.07, 6.45) is 0.202. The van der Waals surface area contributed by atoms with Crippen molar-refractivity contribution in [2.75, 3.05) is 0 Å². The van der Waals surface area contributed by atoms with Gasteiger partial charge in [-0.1, -0.05) is 0 Å². The smallest absolute Gasteiger partial charge is 0.480 e. The van der Waals surface area contributed by atoms with Crippen LogP contribution in [0, 0.1) is 10.7 Å². The van der Waals surface area contributed by atoms with Crippen molar-refractivity contribution in [3.05, 3.63) is 46.6 Å². The Morgan fingerprint density at radius 2 is 1.70 bits per heavy atom. The van der Waals surface area contributed by atoms with Gasteiger partial charge in [-0.2, -0.15) is 0 Å². The van der Waals surface area contributed by atoms with Gasteiger partial charge in [0.1, 0.15) is 17.5 Å². The van der Waals surface area contributed by atoms with Crippen molar-refractivity contribution in [2.45, 2.75) is 12.5 Å². The minimum absolute atomic E-state index is 0.0543. The predicted octanol–water partition coefficient (Wildman–Crippen LogP) is 3.72. The normalized spacial score (nSPS) is 12.5. The number of hydrogen-bond donors (Lipinski definition) is 4. The maximum atomic E-state index is 11.0. The third kappa shape index (κ3) is 6.97. The molecule has 0 saturated heterocycles. The quantitative estimate of drug-likeness (QED) is 0.250. The second-order valence-corrected chi connectivity index (χ2v) is 9.96. The highest BCUT2D eigenvalue weighted by molar-refractivity contribution is 14.1. The predicted molar refractivity (Wildman–Crippen MR) is 123 cm³/mol. The number of phosphoric acid groups is 1. The van der Waals surface area contributed by atoms with Gasteiger partial charge in [-0.05, 0) is 110 Å². The molecule has 2 aromatic carbocycles. The van der Waals surface area contributed by atoms with Crippen molar-refractivity contribution in [3.63, 3.8) is 0 Å². The molecular weight excluding hydrogens is 718 g/mol. The average molecular weight is 731 g/mol. The van der Waals surface area contributed by atoms with Crippen molar-refractivity contribution >= 4 is 81.6 Å². The summed E-state index contributed by atoms with van der Waals surface area (Å²) in [5.41, 5.74) is 6.36. The number of halogens is 3. The molecule has 1 unspecified atom stereocenters. The van der Waals surface area contributed by atoms with E-state index < -0.39 is 19.8 Å². The van der Waals surface area contributed by atoms with Crippen LogP contribution in [0.2, 0.25) is 0 Å². The monoisotopic (exact) mass is 731 g/mol. The molecule has 8 nitrogen and oxygen atoms in total. The first kappa shape index (κ1) is 23.1. The van der Waals surface area contributed by atoms with Crippen molar-refractivity contribution in [1.29, 1.82) is 0 Å². The molecule has 0 aliphatic heterocycles. The molecule has 5 N–H and O–H groups in total. The molecule has 2 aromatic rings. The molecule has 1 atom stereocenters. The fourth-order valence-corrected chi connectivity index (χ4v) is 5.34. The lowest BCUT2D eigenvalue weighted by Gasteiger charge is -2.14. The fourth-order valence-electron chi connectivity index (χ4n) is 2.03. The van der Waals surface area contributed by atoms with Crippen LogP contribution < -0.4 is 15.0 Å². The molecule has 146 valence electrons. The lowest BCUT2D eigenvalue weighted by atomic mass is 10.1. The van der Waals surface area contributed by atoms with Gasteiger partial charge in [0.2, 0.25) is 0 Å². The molecule has 0 aromatic heterocycles. The van der Waals surface area contributed by atoms with Gasteiger partial charge in [0.15, 0.2) is 5.75 Å². The zero-order valence-electron chi connectivity index (χ0n) is 13.3. The number of carboxylic acids is 1. The maximum Gasteiger partial charge on any atom is 0.524 e. The largest absolute Gasteiger partial charge is 0.524 e. The summed E-state index contributed by atoms with van der Waals surface area (Å²) < 4.78 is 23.5. The fraction of sp³-hybridized carbons (Fsp3) is 0.133. The van der Waals surface area contributed by atoms with Crippen LogP contribution >= 0.6 is 75.6 Å². The number of carbonyl (C=O) groups is 1. The van der Waals surface area contributed by atoms with Gasteiger partial charge < -0.3 is 20.1 Å². The summed E-state index contributed by atoms with van der Waals surface area (Å²) in [5, 5.41) is 8.94. The van der Waals surface area contributed by atoms with Crippen LogP contribution in [-0.2, 0) is 15.8 Å². The molecule has 0 aliphatic carbocycles. The summed E-state index contributed by atoms with van der Waals surface area (Å²) in [6.45, 7) is 0. The summed E-state index contributed by atoms with van der Waals surface area (Å²) in [5.74, 6) is 0.0396. The lowest BCUT2D eigenvalue weighted by molar-refractivity contribution is -0.138. The van der Waals surface area contributed by atoms with Gasteiger partial charge in [0, 0.05) is 0 Å². The van der Waals surface area contributed by atoms with E-state index in [2.05, 4.69) is 49.7 Å². The van der Waals surface area contributed by atoms with Crippen LogP contribution in [0.3, 0.4) is 0 Å². The second-order valence-electron chi connectivity index (χ2n) is 5.31. The summed E-state index contributed by atoms with van der Waals surface area (Å²) in [7, 11) is -4.64. The SMILES string of the molecule is NC(Cc1cc(I)c(Oc2ccc(OP(=O)(O)O)c(I)c2)c(I)c1)C(=O)O. The molecular formula is C15H13I3NO7P. The van der Waals surface area contributed by atoms with Crippen LogP contribution in [0.4, 0.5) is 0 Å². The van der Waals surface area contributed by atoms with E-state index in [0.717, 1.165) is 12.7 Å². The molecule has 0 amide bonds. The Kier molecular flexibility index (Phi) is 8.16. The Hall–Kier alpha value is -0.190. The minimum atomic E-state index is -4.64. The Morgan fingerprint density at radius 3 is 2.19 bits per heavy atom. The number of ether oxygens (including phenoxy) is 1. The highest BCUT2D eigenvalue weighted by Gasteiger charge is 2.19. The molecule has 0 fully saturated rings. The maximum absolute atomic E-state index is 11.0. The van der Waals surface area contributed by atoms with Crippen LogP contribution in [0.25, 0.3) is 0 Å². The Balaban J connectivity index is 2.23. The van der Waals surface area contributed by atoms with Crippen LogP contribution in [-0.4, -0.2) is 26.9 Å². The van der Waals surface area contributed by atoms with E-state index in [-0.39, 0.29) is 12.2 Å². The third-order valence-electron chi connectivity index (χ3n) is 3.17. The van der Waals surface area contributed by atoms with Gasteiger partial charge in [-0.25, -0.2) is 4.57 Å². The number of hydrogen-bond acceptors (Lipinski definition) is 5. The first-order valence-electron chi connectivity index (χ1n) is 7.15. The molecule has 0 radical (unpaired) electrons. The van der Waals surface area contributed by atoms with Crippen LogP contribution in [0.15, 0.2) is 30.3 Å². The molecule has 0 aliphatic rings. The number of benzene rings is 2. The number of rotatable bonds is 7. The molecule has 0 heterocycles. The number of aliphatic carboxylic acids is 1. The Bertz CT molecular complexity index is 895. The van der Waals surface area contributed by atoms with Crippen molar-refractivity contribution in [1.82, 2.24) is 0 Å². The molecule has 0 spiro atoms. The second kappa shape index (κ2) is 9.54. The van der Waals surface area contributed by atoms with Crippen molar-refractivity contribution in [3.8, 4) is 17.2 Å². The summed E-state index contributed by atoms with van der Waals surface area (Å²) in [6, 6.07) is 7.16. The van der Waals surface area contributed by atoms with Gasteiger partial charge in [0.05, 0.1) is 10.7 Å². The van der Waals surface area contributed by atoms with E-state index in [1.165, 1.54) is 12.1 Å². The van der Waals surface area contributed by atoms with E-state index in [4.69, 9.17) is 25.4 Å². The average Bonchev–Trinajstić information content (AvgIpc) is 2.52. The van der Waals surface area contributed by atoms with E-state index in [0.29, 0.717) is 15.1 Å². The number of nitrogens with two attached hydrogens (primary N) is 1. The highest BCUT2D eigenvalue weighted by Crippen LogP contribution is 2.41. The summed E-state index contributed by atoms with van der Waals surface area (Å²) in [4.78, 5) is 28.7. The standard InChI is InChI=1S/C15H13I3NO7P/c16-9-6-8(1-2-13(9)26-27(22,23)24)25-14-10(17)3-7(4-11(14)18)5-12(19)15(20)21/h1-4,6,12H,5,19H2,(H,20,21)(H2,22,23,24). The number of carboxylic acid groups (broad SMARTS) is 1. The molecule has 0 saturated carbocycles. The molecule has 12 heteroatoms. The first-order valence-corrected chi connectivity index (χ1v) is 11.9. The first-order chi connectivity index (χ1) is 12.5. The van der Waals surface area contributed by atoms with Crippen molar-refractivity contribution < 1.29 is 33.5 Å². The van der Waals surface area contributed by atoms with Gasteiger partial charge in [-0.15, -0.1) is 0 Å². The third-order valence-corrected chi connectivity index (χ3v) is 6.05.